The summed E-state index contributed by atoms with van der Waals surface area (Å²) in [5.41, 5.74) is 7.77. The van der Waals surface area contributed by atoms with Crippen LogP contribution in [0, 0.1) is 0 Å². The summed E-state index contributed by atoms with van der Waals surface area (Å²) in [5, 5.41) is 12.5. The molecule has 0 saturated carbocycles. The third-order valence-electron chi connectivity index (χ3n) is 3.23. The number of rotatable bonds is 5. The van der Waals surface area contributed by atoms with E-state index in [4.69, 9.17) is 10.5 Å². The van der Waals surface area contributed by atoms with E-state index in [2.05, 4.69) is 5.32 Å². The van der Waals surface area contributed by atoms with E-state index in [-0.39, 0.29) is 17.2 Å². The van der Waals surface area contributed by atoms with Crippen LogP contribution in [0.3, 0.4) is 0 Å². The minimum atomic E-state index is -0.363. The molecule has 0 aliphatic rings. The summed E-state index contributed by atoms with van der Waals surface area (Å²) in [6.07, 6.45) is 0. The first-order valence-electron chi connectivity index (χ1n) is 6.57. The van der Waals surface area contributed by atoms with E-state index in [0.717, 1.165) is 11.1 Å². The molecule has 2 aromatic carbocycles. The predicted octanol–water partition coefficient (Wildman–Crippen LogP) is 1.79. The summed E-state index contributed by atoms with van der Waals surface area (Å²) in [6, 6.07) is 12.2. The molecule has 0 saturated heterocycles. The number of benzene rings is 2. The maximum atomic E-state index is 12.1. The van der Waals surface area contributed by atoms with Crippen molar-refractivity contribution in [3.05, 3.63) is 59.2 Å². The van der Waals surface area contributed by atoms with Crippen molar-refractivity contribution < 1.29 is 14.6 Å². The standard InChI is InChI=1S/C16H18N2O3/c1-21-13-6-7-15(19)14(8-13)16(20)18-10-12-5-3-2-4-11(12)9-17/h2-8,19H,9-10,17H2,1H3,(H,18,20). The van der Waals surface area contributed by atoms with Crippen LogP contribution in [0.4, 0.5) is 0 Å². The predicted molar refractivity (Wildman–Crippen MR) is 80.2 cm³/mol. The molecule has 0 aliphatic heterocycles. The van der Waals surface area contributed by atoms with Crippen molar-refractivity contribution in [2.45, 2.75) is 13.1 Å². The fraction of sp³-hybridized carbons (Fsp3) is 0.188. The van der Waals surface area contributed by atoms with Crippen molar-refractivity contribution in [1.29, 1.82) is 0 Å². The Labute approximate surface area is 123 Å². The van der Waals surface area contributed by atoms with E-state index in [9.17, 15) is 9.90 Å². The molecule has 1 amide bonds. The summed E-state index contributed by atoms with van der Waals surface area (Å²) < 4.78 is 5.05. The molecule has 5 heteroatoms. The van der Waals surface area contributed by atoms with E-state index in [0.29, 0.717) is 18.8 Å². The Hall–Kier alpha value is -2.53. The second-order valence-corrected chi connectivity index (χ2v) is 4.54. The molecule has 0 aliphatic carbocycles. The van der Waals surface area contributed by atoms with Gasteiger partial charge < -0.3 is 20.9 Å². The zero-order chi connectivity index (χ0) is 15.2. The fourth-order valence-corrected chi connectivity index (χ4v) is 2.02. The first-order chi connectivity index (χ1) is 10.2. The maximum absolute atomic E-state index is 12.1. The van der Waals surface area contributed by atoms with Crippen molar-refractivity contribution in [3.8, 4) is 11.5 Å². The summed E-state index contributed by atoms with van der Waals surface area (Å²) in [7, 11) is 1.51. The van der Waals surface area contributed by atoms with Crippen LogP contribution in [0.25, 0.3) is 0 Å². The van der Waals surface area contributed by atoms with Crippen LogP contribution < -0.4 is 15.8 Å². The molecule has 0 atom stereocenters. The highest BCUT2D eigenvalue weighted by Crippen LogP contribution is 2.22. The van der Waals surface area contributed by atoms with Crippen LogP contribution in [-0.2, 0) is 13.1 Å². The van der Waals surface area contributed by atoms with Gasteiger partial charge in [0.25, 0.3) is 5.91 Å². The highest BCUT2D eigenvalue weighted by molar-refractivity contribution is 5.97. The topological polar surface area (TPSA) is 84.6 Å². The molecule has 0 fully saturated rings. The van der Waals surface area contributed by atoms with Gasteiger partial charge in [0, 0.05) is 13.1 Å². The smallest absolute Gasteiger partial charge is 0.255 e. The Morgan fingerprint density at radius 2 is 1.95 bits per heavy atom. The zero-order valence-corrected chi connectivity index (χ0v) is 11.8. The lowest BCUT2D eigenvalue weighted by molar-refractivity contribution is 0.0948. The number of carbonyl (C=O) groups excluding carboxylic acids is 1. The van der Waals surface area contributed by atoms with Gasteiger partial charge in [0.15, 0.2) is 0 Å². The Kier molecular flexibility index (Phi) is 4.79. The minimum absolute atomic E-state index is 0.0830. The first-order valence-corrected chi connectivity index (χ1v) is 6.57. The summed E-state index contributed by atoms with van der Waals surface area (Å²) in [4.78, 5) is 12.1. The van der Waals surface area contributed by atoms with Crippen LogP contribution >= 0.6 is 0 Å². The second-order valence-electron chi connectivity index (χ2n) is 4.54. The molecule has 0 aromatic heterocycles. The number of ether oxygens (including phenoxy) is 1. The van der Waals surface area contributed by atoms with Gasteiger partial charge in [-0.15, -0.1) is 0 Å². The number of hydrogen-bond acceptors (Lipinski definition) is 4. The highest BCUT2D eigenvalue weighted by Gasteiger charge is 2.12. The van der Waals surface area contributed by atoms with Gasteiger partial charge in [-0.1, -0.05) is 24.3 Å². The lowest BCUT2D eigenvalue weighted by atomic mass is 10.1. The quantitative estimate of drug-likeness (QED) is 0.782. The largest absolute Gasteiger partial charge is 0.507 e. The Bertz CT molecular complexity index is 641. The van der Waals surface area contributed by atoms with E-state index >= 15 is 0 Å². The molecular weight excluding hydrogens is 268 g/mol. The monoisotopic (exact) mass is 286 g/mol. The zero-order valence-electron chi connectivity index (χ0n) is 11.8. The van der Waals surface area contributed by atoms with Crippen LogP contribution in [-0.4, -0.2) is 18.1 Å². The number of nitrogens with one attached hydrogen (secondary N) is 1. The normalized spacial score (nSPS) is 10.2. The third kappa shape index (κ3) is 3.52. The van der Waals surface area contributed by atoms with Gasteiger partial charge in [-0.2, -0.15) is 0 Å². The average Bonchev–Trinajstić information content (AvgIpc) is 2.53. The summed E-state index contributed by atoms with van der Waals surface area (Å²) in [6.45, 7) is 0.763. The molecule has 4 N–H and O–H groups in total. The van der Waals surface area contributed by atoms with E-state index in [1.807, 2.05) is 24.3 Å². The Morgan fingerprint density at radius 1 is 1.24 bits per heavy atom. The Morgan fingerprint density at radius 3 is 2.62 bits per heavy atom. The van der Waals surface area contributed by atoms with Gasteiger partial charge in [-0.3, -0.25) is 4.79 Å². The lowest BCUT2D eigenvalue weighted by Crippen LogP contribution is -2.23. The van der Waals surface area contributed by atoms with E-state index in [1.165, 1.54) is 19.2 Å². The van der Waals surface area contributed by atoms with Crippen molar-refractivity contribution in [2.75, 3.05) is 7.11 Å². The number of methoxy groups -OCH3 is 1. The molecule has 0 radical (unpaired) electrons. The van der Waals surface area contributed by atoms with Crippen LogP contribution in [0.15, 0.2) is 42.5 Å². The number of carbonyl (C=O) groups is 1. The molecule has 110 valence electrons. The van der Waals surface area contributed by atoms with Crippen LogP contribution in [0.2, 0.25) is 0 Å². The van der Waals surface area contributed by atoms with Crippen molar-refractivity contribution in [3.63, 3.8) is 0 Å². The summed E-state index contributed by atoms with van der Waals surface area (Å²) in [5.74, 6) is 0.0685. The van der Waals surface area contributed by atoms with E-state index in [1.54, 1.807) is 6.07 Å². The number of amides is 1. The fourth-order valence-electron chi connectivity index (χ4n) is 2.02. The number of nitrogens with two attached hydrogens (primary N) is 1. The Balaban J connectivity index is 2.11. The van der Waals surface area contributed by atoms with Gasteiger partial charge in [-0.05, 0) is 29.3 Å². The van der Waals surface area contributed by atoms with Gasteiger partial charge >= 0.3 is 0 Å². The number of phenols is 1. The molecule has 21 heavy (non-hydrogen) atoms. The number of hydrogen-bond donors (Lipinski definition) is 3. The van der Waals surface area contributed by atoms with E-state index < -0.39 is 0 Å². The molecule has 0 unspecified atom stereocenters. The van der Waals surface area contributed by atoms with Crippen molar-refractivity contribution >= 4 is 5.91 Å². The van der Waals surface area contributed by atoms with Gasteiger partial charge in [0.1, 0.15) is 11.5 Å². The summed E-state index contributed by atoms with van der Waals surface area (Å²) >= 11 is 0. The van der Waals surface area contributed by atoms with Crippen molar-refractivity contribution in [2.24, 2.45) is 5.73 Å². The number of phenolic OH excluding ortho intramolecular Hbond substituents is 1. The molecule has 5 nitrogen and oxygen atoms in total. The average molecular weight is 286 g/mol. The highest BCUT2D eigenvalue weighted by atomic mass is 16.5. The molecular formula is C16H18N2O3. The molecule has 0 bridgehead atoms. The van der Waals surface area contributed by atoms with Crippen molar-refractivity contribution in [1.82, 2.24) is 5.32 Å². The second kappa shape index (κ2) is 6.76. The molecule has 0 heterocycles. The first kappa shape index (κ1) is 14.9. The van der Waals surface area contributed by atoms with Gasteiger partial charge in [0.2, 0.25) is 0 Å². The molecule has 0 spiro atoms. The van der Waals surface area contributed by atoms with Crippen LogP contribution in [0.1, 0.15) is 21.5 Å². The van der Waals surface area contributed by atoms with Gasteiger partial charge in [-0.25, -0.2) is 0 Å². The molecule has 2 rings (SSSR count). The third-order valence-corrected chi connectivity index (χ3v) is 3.23. The number of aromatic hydroxyl groups is 1. The molecule has 2 aromatic rings. The minimum Gasteiger partial charge on any atom is -0.507 e. The SMILES string of the molecule is COc1ccc(O)c(C(=O)NCc2ccccc2CN)c1. The maximum Gasteiger partial charge on any atom is 0.255 e. The van der Waals surface area contributed by atoms with Crippen LogP contribution in [0.5, 0.6) is 11.5 Å². The lowest BCUT2D eigenvalue weighted by Gasteiger charge is -2.11. The van der Waals surface area contributed by atoms with Gasteiger partial charge in [0.05, 0.1) is 12.7 Å².